The number of nitrogens with zero attached hydrogens (tertiary/aromatic N) is 3. The van der Waals surface area contributed by atoms with Crippen LogP contribution in [0.3, 0.4) is 0 Å². The molecule has 0 bridgehead atoms. The predicted octanol–water partition coefficient (Wildman–Crippen LogP) is 4.73. The molecule has 0 atom stereocenters. The molecule has 3 heterocycles. The van der Waals surface area contributed by atoms with Crippen LogP contribution in [0.25, 0.3) is 21.8 Å². The van der Waals surface area contributed by atoms with Crippen molar-refractivity contribution >= 4 is 17.2 Å². The SMILES string of the molecule is CC(C)NC(=O)c1csc(-c2c(-c3ccc(F)cc3)noc2CN2CCCCC2)n1. The largest absolute Gasteiger partial charge is 0.359 e. The number of carbonyl (C=O) groups excluding carboxylic acids is 1. The van der Waals surface area contributed by atoms with Gasteiger partial charge < -0.3 is 9.84 Å². The van der Waals surface area contributed by atoms with Crippen LogP contribution in [0.1, 0.15) is 49.4 Å². The average molecular weight is 429 g/mol. The van der Waals surface area contributed by atoms with Gasteiger partial charge in [0.15, 0.2) is 5.76 Å². The summed E-state index contributed by atoms with van der Waals surface area (Å²) in [6.07, 6.45) is 3.59. The normalized spacial score (nSPS) is 14.9. The van der Waals surface area contributed by atoms with E-state index in [2.05, 4.69) is 20.4 Å². The fourth-order valence-electron chi connectivity index (χ4n) is 3.61. The van der Waals surface area contributed by atoms with Gasteiger partial charge in [-0.3, -0.25) is 9.69 Å². The van der Waals surface area contributed by atoms with Gasteiger partial charge in [-0.25, -0.2) is 9.37 Å². The van der Waals surface area contributed by atoms with Crippen molar-refractivity contribution in [1.82, 2.24) is 20.4 Å². The molecule has 0 spiro atoms. The van der Waals surface area contributed by atoms with E-state index in [1.54, 1.807) is 17.5 Å². The van der Waals surface area contributed by atoms with Crippen LogP contribution in [0.15, 0.2) is 34.2 Å². The molecule has 0 unspecified atom stereocenters. The van der Waals surface area contributed by atoms with Crippen LogP contribution in [0.2, 0.25) is 0 Å². The van der Waals surface area contributed by atoms with Crippen LogP contribution < -0.4 is 5.32 Å². The minimum atomic E-state index is -0.306. The second-order valence-electron chi connectivity index (χ2n) is 7.84. The number of piperidine rings is 1. The smallest absolute Gasteiger partial charge is 0.270 e. The molecule has 1 saturated heterocycles. The number of hydrogen-bond donors (Lipinski definition) is 1. The van der Waals surface area contributed by atoms with Gasteiger partial charge in [0.25, 0.3) is 5.91 Å². The van der Waals surface area contributed by atoms with Gasteiger partial charge in [-0.15, -0.1) is 11.3 Å². The third-order valence-electron chi connectivity index (χ3n) is 5.07. The van der Waals surface area contributed by atoms with E-state index in [4.69, 9.17) is 4.52 Å². The van der Waals surface area contributed by atoms with E-state index in [-0.39, 0.29) is 17.8 Å². The molecule has 1 aliphatic heterocycles. The minimum absolute atomic E-state index is 0.0303. The minimum Gasteiger partial charge on any atom is -0.359 e. The highest BCUT2D eigenvalue weighted by Gasteiger charge is 2.25. The standard InChI is InChI=1S/C22H25FN4O2S/c1-14(2)24-21(28)17-13-30-22(25-17)19-18(12-27-10-4-3-5-11-27)29-26-20(19)15-6-8-16(23)9-7-15/h6-9,13-14H,3-5,10-12H2,1-2H3,(H,24,28). The molecule has 1 aliphatic rings. The summed E-state index contributed by atoms with van der Waals surface area (Å²) in [5.41, 5.74) is 2.52. The average Bonchev–Trinajstić information content (AvgIpc) is 3.36. The Balaban J connectivity index is 1.71. The lowest BCUT2D eigenvalue weighted by atomic mass is 10.1. The van der Waals surface area contributed by atoms with Gasteiger partial charge >= 0.3 is 0 Å². The lowest BCUT2D eigenvalue weighted by Crippen LogP contribution is -2.30. The van der Waals surface area contributed by atoms with Gasteiger partial charge in [0.2, 0.25) is 0 Å². The molecule has 1 N–H and O–H groups in total. The van der Waals surface area contributed by atoms with Crippen molar-refractivity contribution in [2.75, 3.05) is 13.1 Å². The first-order valence-corrected chi connectivity index (χ1v) is 11.1. The zero-order chi connectivity index (χ0) is 21.1. The first kappa shape index (κ1) is 20.7. The summed E-state index contributed by atoms with van der Waals surface area (Å²) in [5, 5.41) is 9.60. The number of aromatic nitrogens is 2. The number of likely N-dealkylation sites (tertiary alicyclic amines) is 1. The van der Waals surface area contributed by atoms with E-state index >= 15 is 0 Å². The summed E-state index contributed by atoms with van der Waals surface area (Å²) < 4.78 is 19.2. The molecule has 1 amide bonds. The number of thiazole rings is 1. The third kappa shape index (κ3) is 4.60. The molecular formula is C22H25FN4O2S. The van der Waals surface area contributed by atoms with E-state index < -0.39 is 0 Å². The van der Waals surface area contributed by atoms with Crippen molar-refractivity contribution in [3.8, 4) is 21.8 Å². The highest BCUT2D eigenvalue weighted by molar-refractivity contribution is 7.13. The van der Waals surface area contributed by atoms with Gasteiger partial charge in [0.1, 0.15) is 22.2 Å². The zero-order valence-corrected chi connectivity index (χ0v) is 18.0. The van der Waals surface area contributed by atoms with Gasteiger partial charge in [0, 0.05) is 17.0 Å². The number of rotatable bonds is 6. The van der Waals surface area contributed by atoms with Gasteiger partial charge in [-0.05, 0) is 64.0 Å². The summed E-state index contributed by atoms with van der Waals surface area (Å²) in [6, 6.07) is 6.20. The Kier molecular flexibility index (Phi) is 6.24. The maximum atomic E-state index is 13.4. The molecule has 6 nitrogen and oxygen atoms in total. The second kappa shape index (κ2) is 9.06. The van der Waals surface area contributed by atoms with Gasteiger partial charge in [-0.2, -0.15) is 0 Å². The van der Waals surface area contributed by atoms with E-state index in [9.17, 15) is 9.18 Å². The Labute approximate surface area is 179 Å². The monoisotopic (exact) mass is 428 g/mol. The molecule has 30 heavy (non-hydrogen) atoms. The Morgan fingerprint density at radius 3 is 2.67 bits per heavy atom. The fourth-order valence-corrected chi connectivity index (χ4v) is 4.47. The second-order valence-corrected chi connectivity index (χ2v) is 8.70. The Hall–Kier alpha value is -2.58. The van der Waals surface area contributed by atoms with E-state index in [1.807, 2.05) is 13.8 Å². The van der Waals surface area contributed by atoms with Crippen LogP contribution in [-0.2, 0) is 6.54 Å². The summed E-state index contributed by atoms with van der Waals surface area (Å²) in [5.74, 6) is 0.213. The molecule has 1 fully saturated rings. The zero-order valence-electron chi connectivity index (χ0n) is 17.2. The van der Waals surface area contributed by atoms with Crippen LogP contribution in [-0.4, -0.2) is 40.1 Å². The van der Waals surface area contributed by atoms with Crippen molar-refractivity contribution < 1.29 is 13.7 Å². The molecule has 8 heteroatoms. The van der Waals surface area contributed by atoms with Crippen LogP contribution in [0, 0.1) is 5.82 Å². The molecule has 0 saturated carbocycles. The molecule has 3 aromatic rings. The van der Waals surface area contributed by atoms with Crippen LogP contribution in [0.4, 0.5) is 4.39 Å². The maximum absolute atomic E-state index is 13.4. The van der Waals surface area contributed by atoms with E-state index in [0.29, 0.717) is 22.9 Å². The summed E-state index contributed by atoms with van der Waals surface area (Å²) in [6.45, 7) is 6.50. The molecule has 1 aromatic carbocycles. The Morgan fingerprint density at radius 2 is 1.97 bits per heavy atom. The summed E-state index contributed by atoms with van der Waals surface area (Å²) in [7, 11) is 0. The topological polar surface area (TPSA) is 71.3 Å². The number of amides is 1. The first-order chi connectivity index (χ1) is 14.5. The van der Waals surface area contributed by atoms with Crippen LogP contribution >= 0.6 is 11.3 Å². The van der Waals surface area contributed by atoms with Crippen molar-refractivity contribution in [2.45, 2.75) is 45.7 Å². The predicted molar refractivity (Wildman–Crippen MR) is 115 cm³/mol. The molecule has 4 rings (SSSR count). The molecule has 2 aromatic heterocycles. The summed E-state index contributed by atoms with van der Waals surface area (Å²) in [4.78, 5) is 19.3. The molecular weight excluding hydrogens is 403 g/mol. The Morgan fingerprint density at radius 1 is 1.23 bits per heavy atom. The fraction of sp³-hybridized carbons (Fsp3) is 0.409. The van der Waals surface area contributed by atoms with Gasteiger partial charge in [-0.1, -0.05) is 11.6 Å². The maximum Gasteiger partial charge on any atom is 0.270 e. The van der Waals surface area contributed by atoms with E-state index in [1.165, 1.54) is 42.7 Å². The molecule has 158 valence electrons. The molecule has 0 aliphatic carbocycles. The van der Waals surface area contributed by atoms with Crippen LogP contribution in [0.5, 0.6) is 0 Å². The Bertz CT molecular complexity index is 1010. The number of carbonyl (C=O) groups is 1. The lowest BCUT2D eigenvalue weighted by Gasteiger charge is -2.25. The van der Waals surface area contributed by atoms with Crippen molar-refractivity contribution in [3.05, 3.63) is 46.9 Å². The highest BCUT2D eigenvalue weighted by Crippen LogP contribution is 2.37. The van der Waals surface area contributed by atoms with Crippen molar-refractivity contribution in [2.24, 2.45) is 0 Å². The number of nitrogens with one attached hydrogen (secondary N) is 1. The van der Waals surface area contributed by atoms with E-state index in [0.717, 1.165) is 30.0 Å². The number of hydrogen-bond acceptors (Lipinski definition) is 6. The molecule has 0 radical (unpaired) electrons. The quantitative estimate of drug-likeness (QED) is 0.615. The lowest BCUT2D eigenvalue weighted by molar-refractivity contribution is 0.0939. The van der Waals surface area contributed by atoms with Crippen molar-refractivity contribution in [3.63, 3.8) is 0 Å². The highest BCUT2D eigenvalue weighted by atomic mass is 32.1. The van der Waals surface area contributed by atoms with Crippen molar-refractivity contribution in [1.29, 1.82) is 0 Å². The van der Waals surface area contributed by atoms with Gasteiger partial charge in [0.05, 0.1) is 12.1 Å². The number of halogens is 1. The third-order valence-corrected chi connectivity index (χ3v) is 5.93. The first-order valence-electron chi connectivity index (χ1n) is 10.2. The summed E-state index contributed by atoms with van der Waals surface area (Å²) >= 11 is 1.39. The number of benzene rings is 1.